The molecule has 5 rings (SSSR count). The quantitative estimate of drug-likeness (QED) is 0.478. The lowest BCUT2D eigenvalue weighted by molar-refractivity contribution is -0.302. The van der Waals surface area contributed by atoms with Crippen LogP contribution in [0.4, 0.5) is 0 Å². The molecule has 0 radical (unpaired) electrons. The van der Waals surface area contributed by atoms with Crippen LogP contribution in [-0.4, -0.2) is 61.3 Å². The molecule has 1 heterocycles. The van der Waals surface area contributed by atoms with Crippen molar-refractivity contribution >= 4 is 0 Å². The first-order valence-electron chi connectivity index (χ1n) is 10.1. The van der Waals surface area contributed by atoms with Crippen molar-refractivity contribution in [1.82, 2.24) is 0 Å². The fourth-order valence-corrected chi connectivity index (χ4v) is 8.62. The maximum atomic E-state index is 12.1. The molecule has 1 aliphatic heterocycles. The first-order chi connectivity index (χ1) is 11.9. The number of fused-ring (bicyclic) bond motifs is 3. The van der Waals surface area contributed by atoms with Gasteiger partial charge in [-0.2, -0.15) is 0 Å². The Morgan fingerprint density at radius 3 is 2.46 bits per heavy atom. The lowest BCUT2D eigenvalue weighted by Crippen LogP contribution is -2.75. The number of aliphatic hydroxyl groups excluding tert-OH is 2. The Bertz CT molecular complexity index is 671. The summed E-state index contributed by atoms with van der Waals surface area (Å²) in [6.45, 7) is 7.72. The van der Waals surface area contributed by atoms with Crippen LogP contribution in [0.15, 0.2) is 0 Å². The van der Waals surface area contributed by atoms with Gasteiger partial charge in [-0.05, 0) is 30.1 Å². The predicted molar refractivity (Wildman–Crippen MR) is 91.7 cm³/mol. The van der Waals surface area contributed by atoms with Crippen molar-refractivity contribution in [3.63, 3.8) is 0 Å². The third-order valence-electron chi connectivity index (χ3n) is 10.1. The van der Waals surface area contributed by atoms with Gasteiger partial charge in [-0.3, -0.25) is 0 Å². The van der Waals surface area contributed by atoms with E-state index >= 15 is 0 Å². The van der Waals surface area contributed by atoms with E-state index in [1.54, 1.807) is 0 Å². The molecule has 5 aliphatic rings. The number of aliphatic hydroxyl groups is 5. The van der Waals surface area contributed by atoms with Gasteiger partial charge >= 0.3 is 0 Å². The monoisotopic (exact) mass is 368 g/mol. The largest absolute Gasteiger partial charge is 0.396 e. The molecule has 1 saturated heterocycles. The van der Waals surface area contributed by atoms with Crippen molar-refractivity contribution in [2.75, 3.05) is 6.61 Å². The van der Waals surface area contributed by atoms with Crippen LogP contribution in [0.3, 0.4) is 0 Å². The summed E-state index contributed by atoms with van der Waals surface area (Å²) in [6.07, 6.45) is -0.186. The maximum Gasteiger partial charge on any atom is 0.175 e. The summed E-state index contributed by atoms with van der Waals surface area (Å²) >= 11 is 0. The van der Waals surface area contributed by atoms with Gasteiger partial charge in [0.15, 0.2) is 5.79 Å². The van der Waals surface area contributed by atoms with E-state index in [0.717, 1.165) is 0 Å². The molecule has 6 heteroatoms. The van der Waals surface area contributed by atoms with E-state index in [1.165, 1.54) is 0 Å². The number of rotatable bonds is 2. The molecule has 148 valence electrons. The van der Waals surface area contributed by atoms with Gasteiger partial charge in [0, 0.05) is 30.8 Å². The van der Waals surface area contributed by atoms with E-state index in [9.17, 15) is 25.5 Å². The van der Waals surface area contributed by atoms with Gasteiger partial charge in [-0.15, -0.1) is 0 Å². The highest BCUT2D eigenvalue weighted by molar-refractivity contribution is 5.38. The van der Waals surface area contributed by atoms with Crippen molar-refractivity contribution in [3.8, 4) is 0 Å². The predicted octanol–water partition coefficient (Wildman–Crippen LogP) is 0.247. The van der Waals surface area contributed by atoms with Crippen LogP contribution >= 0.6 is 0 Å². The van der Waals surface area contributed by atoms with E-state index in [0.29, 0.717) is 6.42 Å². The molecular weight excluding hydrogens is 336 g/mol. The third-order valence-corrected chi connectivity index (χ3v) is 10.1. The maximum absolute atomic E-state index is 12.1. The van der Waals surface area contributed by atoms with E-state index in [4.69, 9.17) is 4.74 Å². The smallest absolute Gasteiger partial charge is 0.175 e. The van der Waals surface area contributed by atoms with Gasteiger partial charge in [0.05, 0.1) is 23.2 Å². The van der Waals surface area contributed by atoms with Gasteiger partial charge < -0.3 is 30.3 Å². The van der Waals surface area contributed by atoms with Crippen LogP contribution in [0, 0.1) is 40.4 Å². The Morgan fingerprint density at radius 2 is 1.85 bits per heavy atom. The summed E-state index contributed by atoms with van der Waals surface area (Å²) in [7, 11) is 0. The standard InChI is InChI=1S/C20H32O6/c1-9(7-21)11-5-13-16(3)8-19(24)17(11,4)20(13,25)15(26-19)14-10(2)12(22)6-18(14,16)23/h9-15,21-25H,5-8H2,1-4H3/t9?,10?,11-,12-,13-,14-,15+,16-,17+,18+,19?,20+/m0/s1. The number of hydrogen-bond acceptors (Lipinski definition) is 6. The van der Waals surface area contributed by atoms with Gasteiger partial charge in [0.25, 0.3) is 0 Å². The summed E-state index contributed by atoms with van der Waals surface area (Å²) in [4.78, 5) is 0. The lowest BCUT2D eigenvalue weighted by Gasteiger charge is -2.64. The fourth-order valence-electron chi connectivity index (χ4n) is 8.62. The molecule has 0 aromatic rings. The van der Waals surface area contributed by atoms with Crippen LogP contribution in [-0.2, 0) is 4.74 Å². The van der Waals surface area contributed by atoms with Crippen molar-refractivity contribution in [2.45, 2.75) is 76.2 Å². The van der Waals surface area contributed by atoms with Crippen molar-refractivity contribution in [1.29, 1.82) is 0 Å². The minimum absolute atomic E-state index is 0.0106. The Hall–Kier alpha value is -0.240. The normalized spacial score (nSPS) is 69.1. The van der Waals surface area contributed by atoms with Crippen LogP contribution in [0.25, 0.3) is 0 Å². The molecular formula is C20H32O6. The first-order valence-corrected chi connectivity index (χ1v) is 10.1. The van der Waals surface area contributed by atoms with Gasteiger partial charge in [-0.25, -0.2) is 0 Å². The van der Waals surface area contributed by atoms with Crippen LogP contribution in [0.2, 0.25) is 0 Å². The number of hydrogen-bond donors (Lipinski definition) is 5. The van der Waals surface area contributed by atoms with Crippen molar-refractivity contribution in [2.24, 2.45) is 40.4 Å². The molecule has 0 aromatic heterocycles. The van der Waals surface area contributed by atoms with E-state index in [-0.39, 0.29) is 43.1 Å². The molecule has 4 saturated carbocycles. The minimum atomic E-state index is -1.53. The third kappa shape index (κ3) is 1.37. The summed E-state index contributed by atoms with van der Waals surface area (Å²) in [5, 5.41) is 56.0. The van der Waals surface area contributed by atoms with Crippen LogP contribution in [0.1, 0.15) is 47.0 Å². The number of ether oxygens (including phenoxy) is 1. The first kappa shape index (κ1) is 17.8. The van der Waals surface area contributed by atoms with E-state index in [1.807, 2.05) is 27.7 Å². The average Bonchev–Trinajstić information content (AvgIpc) is 2.93. The molecule has 6 nitrogen and oxygen atoms in total. The second kappa shape index (κ2) is 4.50. The summed E-state index contributed by atoms with van der Waals surface area (Å²) < 4.78 is 6.24. The zero-order chi connectivity index (χ0) is 19.1. The molecule has 5 N–H and O–H groups in total. The Kier molecular flexibility index (Phi) is 3.08. The summed E-state index contributed by atoms with van der Waals surface area (Å²) in [5.41, 5.74) is -4.08. The zero-order valence-electron chi connectivity index (χ0n) is 16.0. The highest BCUT2D eigenvalue weighted by Gasteiger charge is 2.92. The summed E-state index contributed by atoms with van der Waals surface area (Å²) in [5.74, 6) is -2.57. The molecule has 0 amide bonds. The topological polar surface area (TPSA) is 110 Å². The van der Waals surface area contributed by atoms with Crippen molar-refractivity contribution < 1.29 is 30.3 Å². The molecule has 0 aromatic carbocycles. The molecule has 0 spiro atoms. The molecule has 3 unspecified atom stereocenters. The van der Waals surface area contributed by atoms with Crippen LogP contribution < -0.4 is 0 Å². The van der Waals surface area contributed by atoms with Gasteiger partial charge in [0.1, 0.15) is 5.60 Å². The zero-order valence-corrected chi connectivity index (χ0v) is 16.0. The molecule has 5 bridgehead atoms. The molecule has 5 fully saturated rings. The lowest BCUT2D eigenvalue weighted by atomic mass is 9.41. The van der Waals surface area contributed by atoms with Gasteiger partial charge in [0.2, 0.25) is 0 Å². The fraction of sp³-hybridized carbons (Fsp3) is 1.00. The van der Waals surface area contributed by atoms with Crippen molar-refractivity contribution in [3.05, 3.63) is 0 Å². The Morgan fingerprint density at radius 1 is 1.19 bits per heavy atom. The SMILES string of the molecule is CC1[C@@H](O)C[C@@]2(O)[C@@H]1[C@H]1OC3(O)C[C@@]2(C)[C@@H]2C[C@@H](C(C)CO)[C@@]3(C)[C@]12O. The minimum Gasteiger partial charge on any atom is -0.396 e. The second-order valence-electron chi connectivity index (χ2n) is 10.6. The molecule has 26 heavy (non-hydrogen) atoms. The van der Waals surface area contributed by atoms with E-state index < -0.39 is 45.9 Å². The molecule has 12 atom stereocenters. The Balaban J connectivity index is 1.77. The highest BCUT2D eigenvalue weighted by Crippen LogP contribution is 2.83. The highest BCUT2D eigenvalue weighted by atomic mass is 16.7. The Labute approximate surface area is 154 Å². The summed E-state index contributed by atoms with van der Waals surface area (Å²) in [6, 6.07) is 0. The van der Waals surface area contributed by atoms with Gasteiger partial charge in [-0.1, -0.05) is 27.7 Å². The second-order valence-corrected chi connectivity index (χ2v) is 10.6. The average molecular weight is 368 g/mol. The van der Waals surface area contributed by atoms with E-state index in [2.05, 4.69) is 0 Å². The van der Waals surface area contributed by atoms with Crippen LogP contribution in [0.5, 0.6) is 0 Å². The molecule has 4 aliphatic carbocycles.